The summed E-state index contributed by atoms with van der Waals surface area (Å²) < 4.78 is 0. The Bertz CT molecular complexity index is 246. The van der Waals surface area contributed by atoms with Crippen LogP contribution in [0.15, 0.2) is 30.3 Å². The smallest absolute Gasteiger partial charge is 0.271 e. The highest BCUT2D eigenvalue weighted by Crippen LogP contribution is 2.10. The van der Waals surface area contributed by atoms with Gasteiger partial charge in [-0.3, -0.25) is 10.5 Å². The fourth-order valence-corrected chi connectivity index (χ4v) is 0.787. The molecule has 0 bridgehead atoms. The maximum absolute atomic E-state index is 10.4. The molecule has 1 radical (unpaired) electrons. The zero-order valence-corrected chi connectivity index (χ0v) is 5.82. The van der Waals surface area contributed by atoms with Gasteiger partial charge in [-0.25, -0.2) is 0 Å². The highest BCUT2D eigenvalue weighted by molar-refractivity contribution is 5.79. The molecule has 0 saturated heterocycles. The molecule has 0 unspecified atom stereocenters. The monoisotopic (exact) mass is 150 g/mol. The van der Waals surface area contributed by atoms with Gasteiger partial charge in [0.15, 0.2) is 6.10 Å². The number of benzene rings is 1. The lowest BCUT2D eigenvalue weighted by molar-refractivity contribution is -0.126. The summed E-state index contributed by atoms with van der Waals surface area (Å²) in [6.07, 6.45) is -1.30. The third kappa shape index (κ3) is 1.78. The molecule has 1 atom stereocenters. The number of hydrogen-bond acceptors (Lipinski definition) is 2. The molecule has 1 aromatic rings. The van der Waals surface area contributed by atoms with Gasteiger partial charge in [0.05, 0.1) is 0 Å². The first-order chi connectivity index (χ1) is 5.22. The Hall–Kier alpha value is -1.35. The van der Waals surface area contributed by atoms with Crippen LogP contribution in [0.3, 0.4) is 0 Å². The van der Waals surface area contributed by atoms with Gasteiger partial charge in [0.25, 0.3) is 5.91 Å². The van der Waals surface area contributed by atoms with Crippen LogP contribution in [-0.4, -0.2) is 11.0 Å². The third-order valence-electron chi connectivity index (χ3n) is 1.36. The second kappa shape index (κ2) is 3.16. The number of carbonyl (C=O) groups is 1. The Labute approximate surface area is 64.5 Å². The maximum Gasteiger partial charge on any atom is 0.271 e. The molecule has 3 nitrogen and oxygen atoms in total. The van der Waals surface area contributed by atoms with Gasteiger partial charge in [-0.1, -0.05) is 30.3 Å². The highest BCUT2D eigenvalue weighted by atomic mass is 16.3. The minimum Gasteiger partial charge on any atom is -0.378 e. The number of rotatable bonds is 2. The van der Waals surface area contributed by atoms with Crippen molar-refractivity contribution >= 4 is 5.91 Å². The van der Waals surface area contributed by atoms with E-state index in [0.29, 0.717) is 5.56 Å². The van der Waals surface area contributed by atoms with E-state index >= 15 is 0 Å². The topological polar surface area (TPSA) is 61.1 Å². The number of aliphatic hydroxyl groups is 1. The lowest BCUT2D eigenvalue weighted by Crippen LogP contribution is -2.11. The van der Waals surface area contributed by atoms with Gasteiger partial charge in [-0.2, -0.15) is 0 Å². The molecule has 0 aliphatic rings. The van der Waals surface area contributed by atoms with Gasteiger partial charge in [0, 0.05) is 0 Å². The van der Waals surface area contributed by atoms with E-state index in [9.17, 15) is 4.79 Å². The van der Waals surface area contributed by atoms with Gasteiger partial charge in [0.2, 0.25) is 0 Å². The Kier molecular flexibility index (Phi) is 2.23. The molecule has 0 aliphatic carbocycles. The van der Waals surface area contributed by atoms with Crippen molar-refractivity contribution in [1.82, 2.24) is 5.73 Å². The number of aliphatic hydroxyl groups excluding tert-OH is 1. The van der Waals surface area contributed by atoms with Crippen LogP contribution in [0.5, 0.6) is 0 Å². The van der Waals surface area contributed by atoms with Crippen molar-refractivity contribution in [1.29, 1.82) is 0 Å². The highest BCUT2D eigenvalue weighted by Gasteiger charge is 2.12. The zero-order chi connectivity index (χ0) is 8.27. The van der Waals surface area contributed by atoms with Crippen LogP contribution in [0, 0.1) is 0 Å². The first kappa shape index (κ1) is 7.75. The summed E-state index contributed by atoms with van der Waals surface area (Å²) in [5.74, 6) is -0.976. The fraction of sp³-hybridized carbons (Fsp3) is 0.125. The molecule has 0 fully saturated rings. The number of carbonyl (C=O) groups excluding carboxylic acids is 1. The lowest BCUT2D eigenvalue weighted by Gasteiger charge is -2.03. The van der Waals surface area contributed by atoms with Gasteiger partial charge < -0.3 is 5.11 Å². The van der Waals surface area contributed by atoms with Gasteiger partial charge >= 0.3 is 0 Å². The minimum absolute atomic E-state index is 0.465. The molecule has 3 heteroatoms. The number of amides is 1. The van der Waals surface area contributed by atoms with Crippen molar-refractivity contribution in [3.05, 3.63) is 35.9 Å². The summed E-state index contributed by atoms with van der Waals surface area (Å²) in [6, 6.07) is 8.42. The summed E-state index contributed by atoms with van der Waals surface area (Å²) >= 11 is 0. The van der Waals surface area contributed by atoms with E-state index in [1.807, 2.05) is 0 Å². The fourth-order valence-electron chi connectivity index (χ4n) is 0.787. The van der Waals surface area contributed by atoms with Crippen LogP contribution in [0.1, 0.15) is 11.7 Å². The molecular weight excluding hydrogens is 142 g/mol. The van der Waals surface area contributed by atoms with Crippen molar-refractivity contribution in [2.24, 2.45) is 0 Å². The van der Waals surface area contributed by atoms with Crippen LogP contribution < -0.4 is 5.73 Å². The molecule has 0 heterocycles. The van der Waals surface area contributed by atoms with E-state index in [2.05, 4.69) is 0 Å². The van der Waals surface area contributed by atoms with Crippen LogP contribution in [0.4, 0.5) is 0 Å². The van der Waals surface area contributed by atoms with Crippen LogP contribution >= 0.6 is 0 Å². The van der Waals surface area contributed by atoms with Crippen LogP contribution in [0.2, 0.25) is 0 Å². The van der Waals surface area contributed by atoms with E-state index in [1.54, 1.807) is 30.3 Å². The summed E-state index contributed by atoms with van der Waals surface area (Å²) in [6.45, 7) is 0. The second-order valence-electron chi connectivity index (χ2n) is 2.18. The molecule has 1 amide bonds. The summed E-state index contributed by atoms with van der Waals surface area (Å²) in [5.41, 5.74) is 7.10. The third-order valence-corrected chi connectivity index (χ3v) is 1.36. The minimum atomic E-state index is -1.30. The second-order valence-corrected chi connectivity index (χ2v) is 2.18. The average Bonchev–Trinajstić information content (AvgIpc) is 2.05. The lowest BCUT2D eigenvalue weighted by atomic mass is 10.1. The van der Waals surface area contributed by atoms with Crippen molar-refractivity contribution in [2.75, 3.05) is 0 Å². The Morgan fingerprint density at radius 1 is 1.36 bits per heavy atom. The molecule has 11 heavy (non-hydrogen) atoms. The molecule has 0 aliphatic heterocycles. The molecule has 2 N–H and O–H groups in total. The van der Waals surface area contributed by atoms with Gasteiger partial charge in [0.1, 0.15) is 0 Å². The zero-order valence-electron chi connectivity index (χ0n) is 5.82. The molecule has 0 spiro atoms. The van der Waals surface area contributed by atoms with Crippen molar-refractivity contribution in [3.63, 3.8) is 0 Å². The molecule has 0 aromatic heterocycles. The maximum atomic E-state index is 10.4. The average molecular weight is 150 g/mol. The van der Waals surface area contributed by atoms with Crippen molar-refractivity contribution in [3.8, 4) is 0 Å². The number of nitrogens with one attached hydrogen (secondary N) is 1. The van der Waals surface area contributed by atoms with E-state index in [-0.39, 0.29) is 0 Å². The van der Waals surface area contributed by atoms with Gasteiger partial charge in [-0.15, -0.1) is 0 Å². The van der Waals surface area contributed by atoms with E-state index in [0.717, 1.165) is 0 Å². The standard InChI is InChI=1S/C8H8NO2/c9-8(11)7(10)6-4-2-1-3-5-6/h1-5,7,9-10H/t7-/m1/s1. The Morgan fingerprint density at radius 3 is 2.36 bits per heavy atom. The van der Waals surface area contributed by atoms with Crippen LogP contribution in [0.25, 0.3) is 0 Å². The molecular formula is C8H8NO2. The van der Waals surface area contributed by atoms with Crippen molar-refractivity contribution in [2.45, 2.75) is 6.10 Å². The predicted molar refractivity (Wildman–Crippen MR) is 39.5 cm³/mol. The van der Waals surface area contributed by atoms with Gasteiger partial charge in [-0.05, 0) is 5.56 Å². The molecule has 57 valence electrons. The van der Waals surface area contributed by atoms with E-state index in [1.165, 1.54) is 0 Å². The summed E-state index contributed by atoms with van der Waals surface area (Å²) in [7, 11) is 0. The van der Waals surface area contributed by atoms with E-state index in [4.69, 9.17) is 10.8 Å². The Balaban J connectivity index is 2.85. The first-order valence-electron chi connectivity index (χ1n) is 3.20. The molecule has 0 saturated carbocycles. The normalized spacial score (nSPS) is 12.5. The SMILES string of the molecule is [NH]C(=O)[C@H](O)c1ccccc1. The molecule has 1 rings (SSSR count). The van der Waals surface area contributed by atoms with Crippen LogP contribution in [-0.2, 0) is 4.79 Å². The summed E-state index contributed by atoms with van der Waals surface area (Å²) in [4.78, 5) is 10.4. The predicted octanol–water partition coefficient (Wildman–Crippen LogP) is 0.529. The van der Waals surface area contributed by atoms with E-state index < -0.39 is 12.0 Å². The quantitative estimate of drug-likeness (QED) is 0.668. The number of hydrogen-bond donors (Lipinski definition) is 1. The largest absolute Gasteiger partial charge is 0.378 e. The molecule has 1 aromatic carbocycles. The summed E-state index contributed by atoms with van der Waals surface area (Å²) in [5, 5.41) is 9.06. The van der Waals surface area contributed by atoms with Crippen molar-refractivity contribution < 1.29 is 9.90 Å². The first-order valence-corrected chi connectivity index (χ1v) is 3.20. The Morgan fingerprint density at radius 2 is 1.91 bits per heavy atom.